The Morgan fingerprint density at radius 3 is 2.33 bits per heavy atom. The number of likely N-dealkylation sites (N-methyl/N-ethyl adjacent to an activating group) is 1. The predicted molar refractivity (Wildman–Crippen MR) is 64.4 cm³/mol. The molecule has 18 heavy (non-hydrogen) atoms. The summed E-state index contributed by atoms with van der Waals surface area (Å²) in [5.41, 5.74) is -0.647. The van der Waals surface area contributed by atoms with E-state index < -0.39 is 23.7 Å². The van der Waals surface area contributed by atoms with Crippen LogP contribution in [-0.4, -0.2) is 53.5 Å². The third-order valence-electron chi connectivity index (χ3n) is 2.45. The molecule has 6 nitrogen and oxygen atoms in total. The van der Waals surface area contributed by atoms with Gasteiger partial charge in [-0.25, -0.2) is 9.59 Å². The second kappa shape index (κ2) is 5.56. The number of nitrogens with zero attached hydrogens (tertiary/aromatic N) is 1. The molecule has 0 heterocycles. The van der Waals surface area contributed by atoms with Gasteiger partial charge in [0.1, 0.15) is 5.60 Å². The van der Waals surface area contributed by atoms with Gasteiger partial charge in [0.05, 0.1) is 12.7 Å². The number of hydrogen-bond donors (Lipinski definition) is 1. The van der Waals surface area contributed by atoms with Gasteiger partial charge >= 0.3 is 12.1 Å². The highest BCUT2D eigenvalue weighted by atomic mass is 16.6. The van der Waals surface area contributed by atoms with E-state index in [9.17, 15) is 9.59 Å². The molecule has 1 unspecified atom stereocenters. The van der Waals surface area contributed by atoms with Crippen LogP contribution in [0.15, 0.2) is 0 Å². The van der Waals surface area contributed by atoms with Crippen LogP contribution in [0.25, 0.3) is 0 Å². The summed E-state index contributed by atoms with van der Waals surface area (Å²) < 4.78 is 10.5. The van der Waals surface area contributed by atoms with Gasteiger partial charge in [-0.3, -0.25) is 4.90 Å². The van der Waals surface area contributed by atoms with E-state index in [1.807, 2.05) is 0 Å². The Morgan fingerprint density at radius 1 is 1.39 bits per heavy atom. The topological polar surface area (TPSA) is 76.1 Å². The molecule has 0 bridgehead atoms. The summed E-state index contributed by atoms with van der Waals surface area (Å²) in [7, 11) is 1.41. The van der Waals surface area contributed by atoms with E-state index >= 15 is 0 Å². The van der Waals surface area contributed by atoms with Crippen molar-refractivity contribution >= 4 is 12.1 Å². The molecule has 1 aliphatic rings. The zero-order chi connectivity index (χ0) is 13.9. The average Bonchev–Trinajstić information content (AvgIpc) is 2.98. The molecule has 1 saturated carbocycles. The van der Waals surface area contributed by atoms with Crippen molar-refractivity contribution in [2.45, 2.75) is 51.4 Å². The number of carboxylic acids is 1. The molecule has 1 aliphatic carbocycles. The Morgan fingerprint density at radius 2 is 1.94 bits per heavy atom. The Balaban J connectivity index is 2.54. The lowest BCUT2D eigenvalue weighted by Crippen LogP contribution is -2.47. The Kier molecular flexibility index (Phi) is 4.56. The zero-order valence-corrected chi connectivity index (χ0v) is 11.3. The summed E-state index contributed by atoms with van der Waals surface area (Å²) in [4.78, 5) is 23.9. The summed E-state index contributed by atoms with van der Waals surface area (Å²) in [6, 6.07) is -1.01. The summed E-state index contributed by atoms with van der Waals surface area (Å²) in [6.45, 7) is 5.19. The third kappa shape index (κ3) is 4.91. The van der Waals surface area contributed by atoms with Gasteiger partial charge in [-0.15, -0.1) is 0 Å². The van der Waals surface area contributed by atoms with Gasteiger partial charge in [-0.1, -0.05) is 0 Å². The van der Waals surface area contributed by atoms with Crippen molar-refractivity contribution in [3.05, 3.63) is 0 Å². The highest BCUT2D eigenvalue weighted by Gasteiger charge is 2.32. The summed E-state index contributed by atoms with van der Waals surface area (Å²) in [5, 5.41) is 9.09. The molecule has 0 spiro atoms. The minimum atomic E-state index is -1.09. The minimum absolute atomic E-state index is 0.00422. The molecule has 0 saturated heterocycles. The van der Waals surface area contributed by atoms with Gasteiger partial charge in [-0.2, -0.15) is 0 Å². The molecule has 0 aromatic carbocycles. The van der Waals surface area contributed by atoms with Gasteiger partial charge < -0.3 is 14.6 Å². The molecule has 1 fully saturated rings. The first-order chi connectivity index (χ1) is 8.20. The Hall–Kier alpha value is -1.30. The van der Waals surface area contributed by atoms with Crippen LogP contribution in [-0.2, 0) is 14.3 Å². The molecule has 1 atom stereocenters. The fourth-order valence-electron chi connectivity index (χ4n) is 1.27. The van der Waals surface area contributed by atoms with E-state index in [0.29, 0.717) is 0 Å². The molecule has 0 radical (unpaired) electrons. The van der Waals surface area contributed by atoms with Crippen LogP contribution in [0.4, 0.5) is 4.79 Å². The number of carbonyl (C=O) groups excluding carboxylic acids is 1. The number of aliphatic carboxylic acids is 1. The molecule has 6 heteroatoms. The second-order valence-electron chi connectivity index (χ2n) is 5.48. The number of rotatable bonds is 5. The van der Waals surface area contributed by atoms with Crippen molar-refractivity contribution < 1.29 is 24.2 Å². The minimum Gasteiger partial charge on any atom is -0.480 e. The molecular weight excluding hydrogens is 238 g/mol. The molecule has 0 aromatic rings. The van der Waals surface area contributed by atoms with Gasteiger partial charge in [-0.05, 0) is 33.6 Å². The third-order valence-corrected chi connectivity index (χ3v) is 2.45. The molecule has 1 rings (SSSR count). The molecule has 104 valence electrons. The normalized spacial score (nSPS) is 17.1. The number of hydrogen-bond acceptors (Lipinski definition) is 4. The van der Waals surface area contributed by atoms with Crippen LogP contribution in [0.5, 0.6) is 0 Å². The van der Waals surface area contributed by atoms with Gasteiger partial charge in [0.25, 0.3) is 0 Å². The molecular formula is C12H21NO5. The van der Waals surface area contributed by atoms with Gasteiger partial charge in [0.2, 0.25) is 0 Å². The van der Waals surface area contributed by atoms with Crippen molar-refractivity contribution in [3.8, 4) is 0 Å². The maximum absolute atomic E-state index is 11.7. The van der Waals surface area contributed by atoms with Crippen LogP contribution in [0.1, 0.15) is 33.6 Å². The fourth-order valence-corrected chi connectivity index (χ4v) is 1.27. The van der Waals surface area contributed by atoms with Gasteiger partial charge in [0.15, 0.2) is 6.04 Å². The Bertz CT molecular complexity index is 319. The van der Waals surface area contributed by atoms with E-state index in [2.05, 4.69) is 0 Å². The quantitative estimate of drug-likeness (QED) is 0.809. The van der Waals surface area contributed by atoms with E-state index in [-0.39, 0.29) is 12.7 Å². The first kappa shape index (κ1) is 14.8. The highest BCUT2D eigenvalue weighted by molar-refractivity contribution is 5.80. The standard InChI is InChI=1S/C12H21NO5/c1-12(2,3)18-11(16)13(4)9(10(14)15)7-17-8-5-6-8/h8-9H,5-7H2,1-4H3,(H,14,15). The molecule has 1 N–H and O–H groups in total. The van der Waals surface area contributed by atoms with E-state index in [1.165, 1.54) is 7.05 Å². The molecule has 1 amide bonds. The smallest absolute Gasteiger partial charge is 0.410 e. The highest BCUT2D eigenvalue weighted by Crippen LogP contribution is 2.24. The van der Waals surface area contributed by atoms with Crippen LogP contribution in [0.3, 0.4) is 0 Å². The van der Waals surface area contributed by atoms with Crippen molar-refractivity contribution in [3.63, 3.8) is 0 Å². The van der Waals surface area contributed by atoms with Crippen LogP contribution >= 0.6 is 0 Å². The van der Waals surface area contributed by atoms with E-state index in [4.69, 9.17) is 14.6 Å². The zero-order valence-electron chi connectivity index (χ0n) is 11.3. The lowest BCUT2D eigenvalue weighted by atomic mass is 10.2. The van der Waals surface area contributed by atoms with Crippen LogP contribution in [0.2, 0.25) is 0 Å². The first-order valence-corrected chi connectivity index (χ1v) is 6.01. The van der Waals surface area contributed by atoms with Crippen molar-refractivity contribution in [1.29, 1.82) is 0 Å². The summed E-state index contributed by atoms with van der Waals surface area (Å²) in [6.07, 6.45) is 1.42. The lowest BCUT2D eigenvalue weighted by Gasteiger charge is -2.28. The molecule has 0 aromatic heterocycles. The van der Waals surface area contributed by atoms with Crippen molar-refractivity contribution in [2.75, 3.05) is 13.7 Å². The average molecular weight is 259 g/mol. The predicted octanol–water partition coefficient (Wildman–Crippen LogP) is 1.49. The van der Waals surface area contributed by atoms with Crippen molar-refractivity contribution in [1.82, 2.24) is 4.90 Å². The number of ether oxygens (including phenoxy) is 2. The molecule has 0 aliphatic heterocycles. The van der Waals surface area contributed by atoms with Gasteiger partial charge in [0, 0.05) is 7.05 Å². The van der Waals surface area contributed by atoms with E-state index in [1.54, 1.807) is 20.8 Å². The SMILES string of the molecule is CN(C(=O)OC(C)(C)C)C(COC1CC1)C(=O)O. The number of carboxylic acid groups (broad SMARTS) is 1. The van der Waals surface area contributed by atoms with E-state index in [0.717, 1.165) is 17.7 Å². The lowest BCUT2D eigenvalue weighted by molar-refractivity contribution is -0.145. The first-order valence-electron chi connectivity index (χ1n) is 6.01. The van der Waals surface area contributed by atoms with Crippen LogP contribution in [0, 0.1) is 0 Å². The van der Waals surface area contributed by atoms with Crippen LogP contribution < -0.4 is 0 Å². The summed E-state index contributed by atoms with van der Waals surface area (Å²) >= 11 is 0. The Labute approximate surface area is 107 Å². The maximum Gasteiger partial charge on any atom is 0.410 e. The number of amides is 1. The summed E-state index contributed by atoms with van der Waals surface area (Å²) in [5.74, 6) is -1.09. The number of carbonyl (C=O) groups is 2. The van der Waals surface area contributed by atoms with Crippen molar-refractivity contribution in [2.24, 2.45) is 0 Å². The fraction of sp³-hybridized carbons (Fsp3) is 0.833. The largest absolute Gasteiger partial charge is 0.480 e. The maximum atomic E-state index is 11.7. The second-order valence-corrected chi connectivity index (χ2v) is 5.48. The monoisotopic (exact) mass is 259 g/mol.